The number of rotatable bonds is 4. The zero-order chi connectivity index (χ0) is 13.0. The molecule has 0 saturated carbocycles. The molecule has 0 spiro atoms. The second-order valence-corrected chi connectivity index (χ2v) is 4.54. The lowest BCUT2D eigenvalue weighted by molar-refractivity contribution is -0.121. The summed E-state index contributed by atoms with van der Waals surface area (Å²) in [6.07, 6.45) is 1.93. The van der Waals surface area contributed by atoms with Crippen molar-refractivity contribution in [2.45, 2.75) is 19.4 Å². The SMILES string of the molecule is C[C@@H](NC(=O)Cc1ccc(Cl)cc1)c1ccco1. The highest BCUT2D eigenvalue weighted by atomic mass is 35.5. The molecule has 0 unspecified atom stereocenters. The maximum atomic E-state index is 11.8. The summed E-state index contributed by atoms with van der Waals surface area (Å²) >= 11 is 5.79. The zero-order valence-corrected chi connectivity index (χ0v) is 10.8. The summed E-state index contributed by atoms with van der Waals surface area (Å²) < 4.78 is 5.23. The van der Waals surface area contributed by atoms with Gasteiger partial charge in [-0.2, -0.15) is 0 Å². The first-order valence-electron chi connectivity index (χ1n) is 5.72. The van der Waals surface area contributed by atoms with Crippen LogP contribution in [0.5, 0.6) is 0 Å². The molecule has 0 bridgehead atoms. The van der Waals surface area contributed by atoms with E-state index in [4.69, 9.17) is 16.0 Å². The lowest BCUT2D eigenvalue weighted by Gasteiger charge is -2.11. The Kier molecular flexibility index (Phi) is 4.05. The lowest BCUT2D eigenvalue weighted by atomic mass is 10.1. The van der Waals surface area contributed by atoms with E-state index in [1.54, 1.807) is 24.5 Å². The highest BCUT2D eigenvalue weighted by Crippen LogP contribution is 2.13. The Hall–Kier alpha value is -1.74. The van der Waals surface area contributed by atoms with Gasteiger partial charge in [-0.25, -0.2) is 0 Å². The molecule has 1 N–H and O–H groups in total. The Labute approximate surface area is 111 Å². The molecule has 0 aliphatic rings. The third-order valence-corrected chi connectivity index (χ3v) is 2.88. The molecule has 1 aromatic heterocycles. The molecule has 2 aromatic rings. The van der Waals surface area contributed by atoms with Crippen LogP contribution in [0.1, 0.15) is 24.3 Å². The lowest BCUT2D eigenvalue weighted by Crippen LogP contribution is -2.27. The summed E-state index contributed by atoms with van der Waals surface area (Å²) in [6.45, 7) is 1.89. The number of hydrogen-bond acceptors (Lipinski definition) is 2. The van der Waals surface area contributed by atoms with Crippen LogP contribution in [-0.4, -0.2) is 5.91 Å². The number of halogens is 1. The third kappa shape index (κ3) is 3.37. The molecule has 4 heteroatoms. The number of nitrogens with one attached hydrogen (secondary N) is 1. The van der Waals surface area contributed by atoms with Crippen LogP contribution in [0.3, 0.4) is 0 Å². The average molecular weight is 264 g/mol. The molecule has 0 aliphatic carbocycles. The third-order valence-electron chi connectivity index (χ3n) is 2.63. The molecule has 0 fully saturated rings. The Balaban J connectivity index is 1.91. The number of amides is 1. The Morgan fingerprint density at radius 1 is 1.33 bits per heavy atom. The molecule has 94 valence electrons. The van der Waals surface area contributed by atoms with Gasteiger partial charge < -0.3 is 9.73 Å². The van der Waals surface area contributed by atoms with E-state index in [0.717, 1.165) is 11.3 Å². The van der Waals surface area contributed by atoms with Crippen molar-refractivity contribution in [2.75, 3.05) is 0 Å². The van der Waals surface area contributed by atoms with Gasteiger partial charge in [-0.1, -0.05) is 23.7 Å². The number of benzene rings is 1. The molecule has 1 heterocycles. The first kappa shape index (κ1) is 12.7. The number of carbonyl (C=O) groups excluding carboxylic acids is 1. The van der Waals surface area contributed by atoms with Crippen molar-refractivity contribution in [3.8, 4) is 0 Å². The van der Waals surface area contributed by atoms with Gasteiger partial charge in [0.15, 0.2) is 0 Å². The zero-order valence-electron chi connectivity index (χ0n) is 10.0. The van der Waals surface area contributed by atoms with Gasteiger partial charge in [0.1, 0.15) is 5.76 Å². The second-order valence-electron chi connectivity index (χ2n) is 4.11. The van der Waals surface area contributed by atoms with Crippen molar-refractivity contribution in [3.63, 3.8) is 0 Å². The van der Waals surface area contributed by atoms with Gasteiger partial charge in [-0.15, -0.1) is 0 Å². The summed E-state index contributed by atoms with van der Waals surface area (Å²) in [4.78, 5) is 11.8. The van der Waals surface area contributed by atoms with Crippen molar-refractivity contribution >= 4 is 17.5 Å². The van der Waals surface area contributed by atoms with Gasteiger partial charge in [0.2, 0.25) is 5.91 Å². The van der Waals surface area contributed by atoms with E-state index < -0.39 is 0 Å². The van der Waals surface area contributed by atoms with Crippen LogP contribution in [0, 0.1) is 0 Å². The Bertz CT molecular complexity index is 505. The molecule has 1 aromatic carbocycles. The fourth-order valence-electron chi connectivity index (χ4n) is 1.69. The summed E-state index contributed by atoms with van der Waals surface area (Å²) in [5.74, 6) is 0.709. The number of hydrogen-bond donors (Lipinski definition) is 1. The summed E-state index contributed by atoms with van der Waals surface area (Å²) in [6, 6.07) is 10.8. The van der Waals surface area contributed by atoms with Gasteiger partial charge in [0.05, 0.1) is 18.7 Å². The first-order valence-corrected chi connectivity index (χ1v) is 6.10. The standard InChI is InChI=1S/C14H14ClNO2/c1-10(13-3-2-8-18-13)16-14(17)9-11-4-6-12(15)7-5-11/h2-8,10H,9H2,1H3,(H,16,17)/t10-/m1/s1. The topological polar surface area (TPSA) is 42.2 Å². The van der Waals surface area contributed by atoms with Crippen LogP contribution in [-0.2, 0) is 11.2 Å². The fraction of sp³-hybridized carbons (Fsp3) is 0.214. The van der Waals surface area contributed by atoms with Gasteiger partial charge in [0.25, 0.3) is 0 Å². The molecule has 0 radical (unpaired) electrons. The van der Waals surface area contributed by atoms with Crippen molar-refractivity contribution in [3.05, 3.63) is 59.0 Å². The van der Waals surface area contributed by atoms with Crippen LogP contribution < -0.4 is 5.32 Å². The maximum absolute atomic E-state index is 11.8. The predicted octanol–water partition coefficient (Wildman–Crippen LogP) is 3.35. The van der Waals surface area contributed by atoms with Crippen molar-refractivity contribution < 1.29 is 9.21 Å². The monoisotopic (exact) mass is 263 g/mol. The Morgan fingerprint density at radius 2 is 2.06 bits per heavy atom. The molecule has 0 aliphatic heterocycles. The van der Waals surface area contributed by atoms with E-state index >= 15 is 0 Å². The van der Waals surface area contributed by atoms with E-state index in [2.05, 4.69) is 5.32 Å². The molecule has 3 nitrogen and oxygen atoms in total. The molecule has 2 rings (SSSR count). The normalized spacial score (nSPS) is 12.1. The quantitative estimate of drug-likeness (QED) is 0.919. The first-order chi connectivity index (χ1) is 8.65. The molecular formula is C14H14ClNO2. The highest BCUT2D eigenvalue weighted by molar-refractivity contribution is 6.30. The van der Waals surface area contributed by atoms with E-state index in [9.17, 15) is 4.79 Å². The molecule has 1 atom stereocenters. The minimum absolute atomic E-state index is 0.0405. The minimum Gasteiger partial charge on any atom is -0.467 e. The molecular weight excluding hydrogens is 250 g/mol. The highest BCUT2D eigenvalue weighted by Gasteiger charge is 2.11. The minimum atomic E-state index is -0.125. The fourth-order valence-corrected chi connectivity index (χ4v) is 1.81. The summed E-state index contributed by atoms with van der Waals surface area (Å²) in [5.41, 5.74) is 0.934. The van der Waals surface area contributed by atoms with Crippen LogP contribution in [0.4, 0.5) is 0 Å². The van der Waals surface area contributed by atoms with Crippen LogP contribution in [0.15, 0.2) is 47.1 Å². The van der Waals surface area contributed by atoms with E-state index in [-0.39, 0.29) is 11.9 Å². The van der Waals surface area contributed by atoms with Crippen molar-refractivity contribution in [1.82, 2.24) is 5.32 Å². The van der Waals surface area contributed by atoms with Crippen LogP contribution in [0.25, 0.3) is 0 Å². The molecule has 18 heavy (non-hydrogen) atoms. The molecule has 0 saturated heterocycles. The van der Waals surface area contributed by atoms with Gasteiger partial charge in [-0.3, -0.25) is 4.79 Å². The van der Waals surface area contributed by atoms with Gasteiger partial charge in [-0.05, 0) is 36.8 Å². The summed E-state index contributed by atoms with van der Waals surface area (Å²) in [5, 5.41) is 3.55. The predicted molar refractivity (Wildman–Crippen MR) is 70.4 cm³/mol. The van der Waals surface area contributed by atoms with Gasteiger partial charge >= 0.3 is 0 Å². The maximum Gasteiger partial charge on any atom is 0.224 e. The average Bonchev–Trinajstić information content (AvgIpc) is 2.85. The second kappa shape index (κ2) is 5.74. The van der Waals surface area contributed by atoms with Gasteiger partial charge in [0, 0.05) is 5.02 Å². The smallest absolute Gasteiger partial charge is 0.224 e. The van der Waals surface area contributed by atoms with Crippen LogP contribution in [0.2, 0.25) is 5.02 Å². The van der Waals surface area contributed by atoms with Crippen molar-refractivity contribution in [2.24, 2.45) is 0 Å². The Morgan fingerprint density at radius 3 is 2.67 bits per heavy atom. The van der Waals surface area contributed by atoms with Crippen molar-refractivity contribution in [1.29, 1.82) is 0 Å². The molecule has 1 amide bonds. The number of furan rings is 1. The van der Waals surface area contributed by atoms with E-state index in [1.165, 1.54) is 0 Å². The largest absolute Gasteiger partial charge is 0.467 e. The van der Waals surface area contributed by atoms with Crippen LogP contribution >= 0.6 is 11.6 Å². The van der Waals surface area contributed by atoms with E-state index in [0.29, 0.717) is 11.4 Å². The summed E-state index contributed by atoms with van der Waals surface area (Å²) in [7, 11) is 0. The van der Waals surface area contributed by atoms with E-state index in [1.807, 2.05) is 25.1 Å². The number of carbonyl (C=O) groups is 1.